The number of carbonyl (C=O) groups is 4. The fraction of sp³-hybridized carbons (Fsp3) is 0.857. The van der Waals surface area contributed by atoms with E-state index in [-0.39, 0.29) is 24.8 Å². The second kappa shape index (κ2) is 19.4. The second-order valence-electron chi connectivity index (χ2n) is 12.9. The van der Waals surface area contributed by atoms with Crippen LogP contribution in [0.2, 0.25) is 0 Å². The van der Waals surface area contributed by atoms with Gasteiger partial charge in [-0.1, -0.05) is 40.5 Å². The number of esters is 4. The first-order valence-corrected chi connectivity index (χ1v) is 18.6. The summed E-state index contributed by atoms with van der Waals surface area (Å²) in [4.78, 5) is 69.9. The molecule has 0 saturated heterocycles. The first kappa shape index (κ1) is 46.0. The zero-order valence-corrected chi connectivity index (χ0v) is 30.8. The van der Waals surface area contributed by atoms with Crippen molar-refractivity contribution in [3.05, 3.63) is 0 Å². The van der Waals surface area contributed by atoms with Crippen molar-refractivity contribution < 1.29 is 71.2 Å². The van der Waals surface area contributed by atoms with Gasteiger partial charge in [0.25, 0.3) is 5.08 Å². The van der Waals surface area contributed by atoms with Crippen molar-refractivity contribution in [2.24, 2.45) is 39.9 Å². The van der Waals surface area contributed by atoms with Gasteiger partial charge in [0.05, 0.1) is 10.8 Å². The molecule has 0 fully saturated rings. The van der Waals surface area contributed by atoms with Gasteiger partial charge in [-0.25, -0.2) is 0 Å². The lowest BCUT2D eigenvalue weighted by molar-refractivity contribution is -0.169. The van der Waals surface area contributed by atoms with Crippen molar-refractivity contribution in [1.82, 2.24) is 0 Å². The van der Waals surface area contributed by atoms with Crippen LogP contribution in [0.4, 0.5) is 0 Å². The van der Waals surface area contributed by atoms with E-state index in [1.54, 1.807) is 13.8 Å². The third-order valence-electron chi connectivity index (χ3n) is 7.76. The summed E-state index contributed by atoms with van der Waals surface area (Å²) in [6.07, 6.45) is 0.0376. The summed E-state index contributed by atoms with van der Waals surface area (Å²) in [5.41, 5.74) is 14.1. The van der Waals surface area contributed by atoms with Gasteiger partial charge in [-0.15, -0.1) is 0 Å². The number of hydrogen-bond donors (Lipinski definition) is 6. The minimum atomic E-state index is -5.75. The first-order valence-electron chi connectivity index (χ1n) is 15.4. The molecule has 282 valence electrons. The molecule has 0 aromatic rings. The standard InChI is InChI=1S/C28H55N3O15P2/c1-9-18(3)20(30)22(32)41-14-26(5,6)24(34)43-16-45-48(40,28(36,12-11-13-29)47(37,38)39)46-17-44-25(35)27(7,8)15-42-23(33)21(31)19(4)10-2/h18-21,36H,9-17,29-31H2,1-8H3,(H2,37,38,39)/t18-,19-,20-,21-,28?/m0/s1. The summed E-state index contributed by atoms with van der Waals surface area (Å²) in [7, 11) is -11.2. The van der Waals surface area contributed by atoms with Crippen molar-refractivity contribution >= 4 is 39.1 Å². The Hall–Kier alpha value is -1.98. The summed E-state index contributed by atoms with van der Waals surface area (Å²) in [5, 5.41) is 7.51. The van der Waals surface area contributed by atoms with Crippen LogP contribution in [0.3, 0.4) is 0 Å². The van der Waals surface area contributed by atoms with Gasteiger partial charge >= 0.3 is 39.1 Å². The molecule has 0 aromatic heterocycles. The molecule has 48 heavy (non-hydrogen) atoms. The Balaban J connectivity index is 5.76. The quantitative estimate of drug-likeness (QED) is 0.0376. The monoisotopic (exact) mass is 735 g/mol. The lowest BCUT2D eigenvalue weighted by Gasteiger charge is -2.34. The second-order valence-corrected chi connectivity index (χ2v) is 17.3. The Labute approximate surface area is 281 Å². The van der Waals surface area contributed by atoms with Crippen molar-refractivity contribution in [3.8, 4) is 0 Å². The maximum Gasteiger partial charge on any atom is 0.380 e. The normalized spacial score (nSPS) is 16.5. The van der Waals surface area contributed by atoms with Crippen molar-refractivity contribution in [2.75, 3.05) is 33.3 Å². The highest BCUT2D eigenvalue weighted by molar-refractivity contribution is 7.73. The van der Waals surface area contributed by atoms with Gasteiger partial charge in [0, 0.05) is 6.42 Å². The van der Waals surface area contributed by atoms with Gasteiger partial charge in [-0.05, 0) is 52.5 Å². The highest BCUT2D eigenvalue weighted by Gasteiger charge is 2.62. The van der Waals surface area contributed by atoms with Gasteiger partial charge in [0.15, 0.2) is 0 Å². The Morgan fingerprint density at radius 3 is 1.38 bits per heavy atom. The third kappa shape index (κ3) is 13.0. The molecule has 0 rings (SSSR count). The minimum Gasteiger partial charge on any atom is -0.463 e. The molecule has 0 aliphatic carbocycles. The maximum absolute atomic E-state index is 13.8. The molecule has 0 aliphatic rings. The number of nitrogens with two attached hydrogens (primary N) is 3. The molecular formula is C28H55N3O15P2. The van der Waals surface area contributed by atoms with E-state index in [1.807, 2.05) is 13.8 Å². The number of aliphatic hydroxyl groups is 1. The van der Waals surface area contributed by atoms with E-state index in [0.29, 0.717) is 12.8 Å². The predicted octanol–water partition coefficient (Wildman–Crippen LogP) is 1.66. The van der Waals surface area contributed by atoms with E-state index in [1.165, 1.54) is 27.7 Å². The van der Waals surface area contributed by atoms with E-state index in [4.69, 9.17) is 45.2 Å². The number of carbonyl (C=O) groups excluding carboxylic acids is 4. The van der Waals surface area contributed by atoms with Gasteiger partial charge < -0.3 is 51.0 Å². The number of rotatable bonds is 23. The first-order chi connectivity index (χ1) is 21.9. The van der Waals surface area contributed by atoms with E-state index in [0.717, 1.165) is 0 Å². The maximum atomic E-state index is 13.8. The topological polar surface area (TPSA) is 297 Å². The van der Waals surface area contributed by atoms with Gasteiger partial charge in [0.2, 0.25) is 13.6 Å². The molecule has 0 spiro atoms. The van der Waals surface area contributed by atoms with Gasteiger partial charge in [-0.3, -0.25) is 37.4 Å². The van der Waals surface area contributed by atoms with Crippen molar-refractivity contribution in [3.63, 3.8) is 0 Å². The Kier molecular flexibility index (Phi) is 18.6. The molecule has 9 N–H and O–H groups in total. The largest absolute Gasteiger partial charge is 0.463 e. The van der Waals surface area contributed by atoms with Gasteiger partial charge in [0.1, 0.15) is 25.3 Å². The number of hydrogen-bond acceptors (Lipinski definition) is 16. The molecule has 1 unspecified atom stereocenters. The minimum absolute atomic E-state index is 0.191. The Bertz CT molecular complexity index is 1110. The zero-order valence-electron chi connectivity index (χ0n) is 29.0. The molecule has 5 atom stereocenters. The van der Waals surface area contributed by atoms with Crippen molar-refractivity contribution in [1.29, 1.82) is 0 Å². The van der Waals surface area contributed by atoms with Gasteiger partial charge in [-0.2, -0.15) is 0 Å². The summed E-state index contributed by atoms with van der Waals surface area (Å²) in [6, 6.07) is -1.87. The van der Waals surface area contributed by atoms with E-state index >= 15 is 0 Å². The molecule has 0 saturated carbocycles. The zero-order chi connectivity index (χ0) is 37.7. The number of ether oxygens (including phenoxy) is 4. The molecule has 0 aliphatic heterocycles. The van der Waals surface area contributed by atoms with E-state index in [2.05, 4.69) is 0 Å². The molecular weight excluding hydrogens is 680 g/mol. The molecule has 0 aromatic carbocycles. The van der Waals surface area contributed by atoms with Crippen LogP contribution in [-0.2, 0) is 56.3 Å². The highest BCUT2D eigenvalue weighted by atomic mass is 31.2. The van der Waals surface area contributed by atoms with Crippen LogP contribution in [0, 0.1) is 22.7 Å². The molecule has 0 bridgehead atoms. The highest BCUT2D eigenvalue weighted by Crippen LogP contribution is 2.74. The SMILES string of the molecule is CC[C@H](C)[C@H](N)C(=O)OCC(C)(C)C(=O)OCOP(=O)(OCOC(=O)C(C)(C)COC(=O)[C@@H](N)[C@@H](C)CC)C(O)(CCCN)P(=O)(O)O. The van der Waals surface area contributed by atoms with Crippen LogP contribution in [0.15, 0.2) is 0 Å². The predicted molar refractivity (Wildman–Crippen MR) is 171 cm³/mol. The Morgan fingerprint density at radius 1 is 0.729 bits per heavy atom. The average molecular weight is 736 g/mol. The summed E-state index contributed by atoms with van der Waals surface area (Å²) in [5.74, 6) is -4.01. The fourth-order valence-electron chi connectivity index (χ4n) is 3.50. The van der Waals surface area contributed by atoms with Crippen molar-refractivity contribution in [2.45, 2.75) is 98.2 Å². The van der Waals surface area contributed by atoms with Crippen LogP contribution in [-0.4, -0.2) is 89.3 Å². The fourth-order valence-corrected chi connectivity index (χ4v) is 6.88. The van der Waals surface area contributed by atoms with E-state index < -0.39 is 100 Å². The molecule has 18 nitrogen and oxygen atoms in total. The average Bonchev–Trinajstić information content (AvgIpc) is 3.02. The van der Waals surface area contributed by atoms with Crippen LogP contribution in [0.5, 0.6) is 0 Å². The van der Waals surface area contributed by atoms with Crippen LogP contribution >= 0.6 is 15.2 Å². The smallest absolute Gasteiger partial charge is 0.380 e. The summed E-state index contributed by atoms with van der Waals surface area (Å²) in [6.45, 7) is 8.86. The third-order valence-corrected chi connectivity index (χ3v) is 12.4. The van der Waals surface area contributed by atoms with E-state index in [9.17, 15) is 43.2 Å². The molecule has 0 heterocycles. The summed E-state index contributed by atoms with van der Waals surface area (Å²) < 4.78 is 56.5. The molecule has 20 heteroatoms. The Morgan fingerprint density at radius 2 is 1.08 bits per heavy atom. The van der Waals surface area contributed by atoms with Crippen LogP contribution < -0.4 is 17.2 Å². The lowest BCUT2D eigenvalue weighted by Crippen LogP contribution is -2.41. The molecule has 0 amide bonds. The lowest BCUT2D eigenvalue weighted by atomic mass is 9.95. The molecule has 0 radical (unpaired) electrons. The van der Waals surface area contributed by atoms with Crippen LogP contribution in [0.25, 0.3) is 0 Å². The summed E-state index contributed by atoms with van der Waals surface area (Å²) >= 11 is 0. The van der Waals surface area contributed by atoms with Crippen LogP contribution in [0.1, 0.15) is 81.1 Å².